The van der Waals surface area contributed by atoms with Gasteiger partial charge in [0.2, 0.25) is 0 Å². The van der Waals surface area contributed by atoms with Crippen LogP contribution in [0.2, 0.25) is 0 Å². The van der Waals surface area contributed by atoms with Crippen LogP contribution in [-0.2, 0) is 0 Å². The first kappa shape index (κ1) is 25.2. The summed E-state index contributed by atoms with van der Waals surface area (Å²) >= 11 is 0. The first-order valence-electron chi connectivity index (χ1n) is 11.1. The zero-order valence-corrected chi connectivity index (χ0v) is 21.1. The van der Waals surface area contributed by atoms with E-state index in [0.717, 1.165) is 19.3 Å². The van der Waals surface area contributed by atoms with Gasteiger partial charge in [0.15, 0.2) is 0 Å². The van der Waals surface area contributed by atoms with Crippen molar-refractivity contribution in [2.24, 2.45) is 5.41 Å². The van der Waals surface area contributed by atoms with E-state index in [1.807, 2.05) is 0 Å². The van der Waals surface area contributed by atoms with Crippen molar-refractivity contribution in [3.63, 3.8) is 0 Å². The molecule has 160 valence electrons. The van der Waals surface area contributed by atoms with Gasteiger partial charge in [-0.05, 0) is 112 Å². The van der Waals surface area contributed by atoms with Crippen LogP contribution in [0.4, 0.5) is 0 Å². The third-order valence-electron chi connectivity index (χ3n) is 6.14. The molecule has 0 aromatic heterocycles. The Morgan fingerprint density at radius 1 is 0.931 bits per heavy atom. The zero-order valence-electron chi connectivity index (χ0n) is 21.1. The summed E-state index contributed by atoms with van der Waals surface area (Å²) in [6, 6.07) is 4.51. The largest absolute Gasteiger partial charge is 0.0955 e. The minimum Gasteiger partial charge on any atom is -0.0955 e. The van der Waals surface area contributed by atoms with Crippen molar-refractivity contribution in [2.75, 3.05) is 0 Å². The number of allylic oxidation sites excluding steroid dienone is 7. The molecule has 0 radical (unpaired) electrons. The second-order valence-corrected chi connectivity index (χ2v) is 9.93. The van der Waals surface area contributed by atoms with E-state index in [1.54, 1.807) is 0 Å². The lowest BCUT2D eigenvalue weighted by atomic mass is 9.80. The maximum absolute atomic E-state index is 4.50. The molecule has 0 nitrogen and oxygen atoms in total. The van der Waals surface area contributed by atoms with E-state index in [4.69, 9.17) is 0 Å². The van der Waals surface area contributed by atoms with Crippen LogP contribution in [0.15, 0.2) is 52.7 Å². The standard InChI is InChI=1S/C29H44/c1-13-20(4)26(28-23(7)15-14-22(6)25(28)9)17-16-21(5)24(8)27(18-19(2)3)29(10,11)12/h14-15,18H,5,13,16-17H2,1-4,6-12H3/b26-20+,27-24-. The first-order chi connectivity index (χ1) is 13.3. The SMILES string of the molecule is C=C(CC/C(=C(/C)CC)c1c(C)ccc(C)c1C)/C(C)=C(/C=C(C)C)C(C)(C)C. The van der Waals surface area contributed by atoms with Crippen LogP contribution in [0.25, 0.3) is 5.57 Å². The van der Waals surface area contributed by atoms with Crippen LogP contribution < -0.4 is 0 Å². The Kier molecular flexibility index (Phi) is 8.94. The van der Waals surface area contributed by atoms with Crippen LogP contribution in [0, 0.1) is 26.2 Å². The molecule has 0 aliphatic rings. The summed E-state index contributed by atoms with van der Waals surface area (Å²) in [7, 11) is 0. The maximum atomic E-state index is 4.50. The summed E-state index contributed by atoms with van der Waals surface area (Å²) < 4.78 is 0. The second-order valence-electron chi connectivity index (χ2n) is 9.93. The molecule has 0 unspecified atom stereocenters. The summed E-state index contributed by atoms with van der Waals surface area (Å²) in [6.07, 6.45) is 5.48. The Morgan fingerprint density at radius 3 is 1.97 bits per heavy atom. The van der Waals surface area contributed by atoms with E-state index in [2.05, 4.69) is 101 Å². The molecule has 0 amide bonds. The van der Waals surface area contributed by atoms with Gasteiger partial charge in [0, 0.05) is 0 Å². The monoisotopic (exact) mass is 392 g/mol. The van der Waals surface area contributed by atoms with Crippen molar-refractivity contribution in [1.29, 1.82) is 0 Å². The molecular formula is C29H44. The van der Waals surface area contributed by atoms with E-state index < -0.39 is 0 Å². The average Bonchev–Trinajstić information content (AvgIpc) is 2.63. The minimum absolute atomic E-state index is 0.117. The molecule has 0 spiro atoms. The summed E-state index contributed by atoms with van der Waals surface area (Å²) in [5, 5.41) is 0. The van der Waals surface area contributed by atoms with Gasteiger partial charge in [0.25, 0.3) is 0 Å². The van der Waals surface area contributed by atoms with Crippen LogP contribution in [0.3, 0.4) is 0 Å². The molecule has 0 aliphatic heterocycles. The molecule has 0 aliphatic carbocycles. The van der Waals surface area contributed by atoms with Gasteiger partial charge in [-0.1, -0.05) is 69.2 Å². The van der Waals surface area contributed by atoms with E-state index in [1.165, 1.54) is 55.7 Å². The molecule has 0 heterocycles. The van der Waals surface area contributed by atoms with Gasteiger partial charge in [0.1, 0.15) is 0 Å². The van der Waals surface area contributed by atoms with E-state index >= 15 is 0 Å². The molecule has 0 saturated heterocycles. The Labute approximate surface area is 181 Å². The molecular weight excluding hydrogens is 348 g/mol. The fraction of sp³-hybridized carbons (Fsp3) is 0.517. The van der Waals surface area contributed by atoms with Gasteiger partial charge < -0.3 is 0 Å². The number of benzene rings is 1. The van der Waals surface area contributed by atoms with Crippen molar-refractivity contribution in [3.8, 4) is 0 Å². The lowest BCUT2D eigenvalue weighted by molar-refractivity contribution is 0.511. The molecule has 0 saturated carbocycles. The predicted molar refractivity (Wildman–Crippen MR) is 133 cm³/mol. The highest BCUT2D eigenvalue weighted by Gasteiger charge is 2.19. The van der Waals surface area contributed by atoms with Gasteiger partial charge in [-0.2, -0.15) is 0 Å². The van der Waals surface area contributed by atoms with Crippen molar-refractivity contribution in [3.05, 3.63) is 74.9 Å². The molecule has 1 aromatic rings. The number of rotatable bonds is 7. The topological polar surface area (TPSA) is 0 Å². The zero-order chi connectivity index (χ0) is 22.5. The van der Waals surface area contributed by atoms with Gasteiger partial charge in [0.05, 0.1) is 0 Å². The fourth-order valence-electron chi connectivity index (χ4n) is 4.01. The lowest BCUT2D eigenvalue weighted by Crippen LogP contribution is -2.11. The Balaban J connectivity index is 3.33. The van der Waals surface area contributed by atoms with Crippen LogP contribution in [-0.4, -0.2) is 0 Å². The maximum Gasteiger partial charge on any atom is -0.0129 e. The van der Waals surface area contributed by atoms with E-state index in [9.17, 15) is 0 Å². The Bertz CT molecular complexity index is 841. The highest BCUT2D eigenvalue weighted by Crippen LogP contribution is 2.36. The first-order valence-corrected chi connectivity index (χ1v) is 11.1. The van der Waals surface area contributed by atoms with Crippen LogP contribution >= 0.6 is 0 Å². The third-order valence-corrected chi connectivity index (χ3v) is 6.14. The average molecular weight is 393 g/mol. The van der Waals surface area contributed by atoms with Crippen LogP contribution in [0.5, 0.6) is 0 Å². The molecule has 0 heteroatoms. The highest BCUT2D eigenvalue weighted by molar-refractivity contribution is 5.74. The third kappa shape index (κ3) is 6.59. The normalized spacial score (nSPS) is 13.6. The van der Waals surface area contributed by atoms with Crippen molar-refractivity contribution in [2.45, 2.75) is 95.4 Å². The van der Waals surface area contributed by atoms with Gasteiger partial charge in [-0.15, -0.1) is 0 Å². The molecule has 0 bridgehead atoms. The lowest BCUT2D eigenvalue weighted by Gasteiger charge is -2.25. The fourth-order valence-corrected chi connectivity index (χ4v) is 4.01. The Hall–Kier alpha value is -1.82. The molecule has 0 atom stereocenters. The van der Waals surface area contributed by atoms with Crippen molar-refractivity contribution >= 4 is 5.57 Å². The molecule has 0 fully saturated rings. The number of hydrogen-bond donors (Lipinski definition) is 0. The summed E-state index contributed by atoms with van der Waals surface area (Å²) in [5.41, 5.74) is 14.1. The van der Waals surface area contributed by atoms with E-state index in [0.29, 0.717) is 0 Å². The molecule has 1 aromatic carbocycles. The number of aryl methyl sites for hydroxylation is 2. The van der Waals surface area contributed by atoms with Gasteiger partial charge in [-0.25, -0.2) is 0 Å². The smallest absolute Gasteiger partial charge is 0.0129 e. The molecule has 29 heavy (non-hydrogen) atoms. The van der Waals surface area contributed by atoms with E-state index in [-0.39, 0.29) is 5.41 Å². The van der Waals surface area contributed by atoms with Crippen molar-refractivity contribution < 1.29 is 0 Å². The minimum atomic E-state index is 0.117. The Morgan fingerprint density at radius 2 is 1.48 bits per heavy atom. The molecule has 0 N–H and O–H groups in total. The number of hydrogen-bond acceptors (Lipinski definition) is 0. The van der Waals surface area contributed by atoms with Gasteiger partial charge in [-0.3, -0.25) is 0 Å². The van der Waals surface area contributed by atoms with Gasteiger partial charge >= 0.3 is 0 Å². The predicted octanol–water partition coefficient (Wildman–Crippen LogP) is 9.46. The highest BCUT2D eigenvalue weighted by atomic mass is 14.2. The second kappa shape index (κ2) is 10.3. The van der Waals surface area contributed by atoms with Crippen LogP contribution in [0.1, 0.15) is 96.9 Å². The molecule has 1 rings (SSSR count). The summed E-state index contributed by atoms with van der Waals surface area (Å²) in [5.74, 6) is 0. The summed E-state index contributed by atoms with van der Waals surface area (Å²) in [6.45, 7) is 29.3. The summed E-state index contributed by atoms with van der Waals surface area (Å²) in [4.78, 5) is 0. The van der Waals surface area contributed by atoms with Crippen molar-refractivity contribution in [1.82, 2.24) is 0 Å². The quantitative estimate of drug-likeness (QED) is 0.405.